The highest BCUT2D eigenvalue weighted by atomic mass is 16.5. The Morgan fingerprint density at radius 2 is 2.05 bits per heavy atom. The Balaban J connectivity index is 1.78. The van der Waals surface area contributed by atoms with Gasteiger partial charge in [0.1, 0.15) is 5.75 Å². The van der Waals surface area contributed by atoms with Crippen LogP contribution in [0.25, 0.3) is 0 Å². The Bertz CT molecular complexity index is 455. The zero-order chi connectivity index (χ0) is 14.2. The second kappa shape index (κ2) is 8.01. The summed E-state index contributed by atoms with van der Waals surface area (Å²) < 4.78 is 6.91. The van der Waals surface area contributed by atoms with Gasteiger partial charge in [-0.05, 0) is 51.9 Å². The molecule has 0 saturated carbocycles. The molecule has 2 heterocycles. The second-order valence-electron chi connectivity index (χ2n) is 5.15. The molecule has 1 aromatic rings. The molecular weight excluding hydrogens is 256 g/mol. The first-order valence-electron chi connectivity index (χ1n) is 7.42. The molecule has 0 atom stereocenters. The first-order valence-corrected chi connectivity index (χ1v) is 7.42. The van der Waals surface area contributed by atoms with Crippen LogP contribution < -0.4 is 16.0 Å². The molecule has 0 bridgehead atoms. The van der Waals surface area contributed by atoms with E-state index in [4.69, 9.17) is 10.5 Å². The van der Waals surface area contributed by atoms with Gasteiger partial charge in [0.2, 0.25) is 0 Å². The molecular formula is C14H24N4O2. The van der Waals surface area contributed by atoms with Gasteiger partial charge in [-0.3, -0.25) is 4.79 Å². The van der Waals surface area contributed by atoms with Crippen LogP contribution in [0.3, 0.4) is 0 Å². The Morgan fingerprint density at radius 1 is 1.25 bits per heavy atom. The van der Waals surface area contributed by atoms with Gasteiger partial charge in [0.25, 0.3) is 5.56 Å². The monoisotopic (exact) mass is 280 g/mol. The van der Waals surface area contributed by atoms with Crippen molar-refractivity contribution in [3.05, 3.63) is 22.6 Å². The maximum absolute atomic E-state index is 11.9. The van der Waals surface area contributed by atoms with E-state index in [0.717, 1.165) is 19.4 Å². The summed E-state index contributed by atoms with van der Waals surface area (Å²) in [5.41, 5.74) is 5.29. The van der Waals surface area contributed by atoms with Crippen molar-refractivity contribution in [1.29, 1.82) is 0 Å². The molecule has 20 heavy (non-hydrogen) atoms. The molecule has 0 spiro atoms. The van der Waals surface area contributed by atoms with Crippen LogP contribution in [0.2, 0.25) is 0 Å². The minimum Gasteiger partial charge on any atom is -0.492 e. The molecule has 0 aromatic carbocycles. The van der Waals surface area contributed by atoms with Crippen LogP contribution in [0.15, 0.2) is 17.1 Å². The van der Waals surface area contributed by atoms with Crippen molar-refractivity contribution in [3.63, 3.8) is 0 Å². The van der Waals surface area contributed by atoms with Gasteiger partial charge in [-0.1, -0.05) is 0 Å². The van der Waals surface area contributed by atoms with Crippen molar-refractivity contribution in [1.82, 2.24) is 14.7 Å². The lowest BCUT2D eigenvalue weighted by atomic mass is 10.4. The second-order valence-corrected chi connectivity index (χ2v) is 5.15. The predicted octanol–water partition coefficient (Wildman–Crippen LogP) is 0.457. The lowest BCUT2D eigenvalue weighted by Gasteiger charge is -2.14. The number of hydrogen-bond acceptors (Lipinski definition) is 5. The van der Waals surface area contributed by atoms with Crippen molar-refractivity contribution < 1.29 is 4.74 Å². The molecule has 1 aliphatic heterocycles. The normalized spacial score (nSPS) is 15.7. The Kier molecular flexibility index (Phi) is 6.01. The number of rotatable bonds is 8. The van der Waals surface area contributed by atoms with Crippen LogP contribution in [-0.2, 0) is 6.54 Å². The Labute approximate surface area is 119 Å². The summed E-state index contributed by atoms with van der Waals surface area (Å²) >= 11 is 0. The van der Waals surface area contributed by atoms with Crippen molar-refractivity contribution in [3.8, 4) is 5.75 Å². The highest BCUT2D eigenvalue weighted by Gasteiger charge is 2.10. The van der Waals surface area contributed by atoms with Gasteiger partial charge in [-0.2, -0.15) is 5.10 Å². The first-order chi connectivity index (χ1) is 9.79. The number of ether oxygens (including phenoxy) is 1. The van der Waals surface area contributed by atoms with Gasteiger partial charge in [0.15, 0.2) is 0 Å². The topological polar surface area (TPSA) is 73.4 Å². The fourth-order valence-corrected chi connectivity index (χ4v) is 2.39. The van der Waals surface area contributed by atoms with Crippen molar-refractivity contribution in [2.75, 3.05) is 32.8 Å². The molecule has 0 radical (unpaired) electrons. The third kappa shape index (κ3) is 4.61. The standard InChI is InChI=1S/C14H24N4O2/c15-5-3-10-20-13-11-14(19)18(16-12-13)9-4-8-17-6-1-2-7-17/h11-12H,1-10,15H2. The van der Waals surface area contributed by atoms with Crippen LogP contribution in [0.1, 0.15) is 25.7 Å². The van der Waals surface area contributed by atoms with Gasteiger partial charge in [-0.15, -0.1) is 0 Å². The lowest BCUT2D eigenvalue weighted by Crippen LogP contribution is -2.26. The maximum Gasteiger partial charge on any atom is 0.270 e. The molecule has 0 unspecified atom stereocenters. The number of aromatic nitrogens is 2. The van der Waals surface area contributed by atoms with E-state index in [0.29, 0.717) is 25.4 Å². The zero-order valence-electron chi connectivity index (χ0n) is 12.0. The van der Waals surface area contributed by atoms with E-state index in [1.807, 2.05) is 0 Å². The van der Waals surface area contributed by atoms with Gasteiger partial charge in [0, 0.05) is 12.6 Å². The smallest absolute Gasteiger partial charge is 0.270 e. The number of nitrogens with zero attached hydrogens (tertiary/aromatic N) is 3. The van der Waals surface area contributed by atoms with Crippen LogP contribution in [0, 0.1) is 0 Å². The van der Waals surface area contributed by atoms with E-state index in [1.54, 1.807) is 6.20 Å². The summed E-state index contributed by atoms with van der Waals surface area (Å²) in [6.45, 7) is 5.20. The summed E-state index contributed by atoms with van der Waals surface area (Å²) in [5, 5.41) is 4.15. The van der Waals surface area contributed by atoms with E-state index in [9.17, 15) is 4.79 Å². The molecule has 6 heteroatoms. The van der Waals surface area contributed by atoms with Crippen molar-refractivity contribution >= 4 is 0 Å². The van der Waals surface area contributed by atoms with Gasteiger partial charge in [0.05, 0.1) is 12.8 Å². The van der Waals surface area contributed by atoms with Gasteiger partial charge >= 0.3 is 0 Å². The summed E-state index contributed by atoms with van der Waals surface area (Å²) in [6.07, 6.45) is 5.94. The predicted molar refractivity (Wildman–Crippen MR) is 78.0 cm³/mol. The molecule has 1 aromatic heterocycles. The Hall–Kier alpha value is -1.40. The van der Waals surface area contributed by atoms with Crippen molar-refractivity contribution in [2.24, 2.45) is 5.73 Å². The van der Waals surface area contributed by atoms with Gasteiger partial charge in [-0.25, -0.2) is 4.68 Å². The molecule has 2 N–H and O–H groups in total. The van der Waals surface area contributed by atoms with E-state index >= 15 is 0 Å². The molecule has 1 fully saturated rings. The highest BCUT2D eigenvalue weighted by molar-refractivity contribution is 5.13. The third-order valence-corrected chi connectivity index (χ3v) is 3.50. The largest absolute Gasteiger partial charge is 0.492 e. The van der Waals surface area contributed by atoms with E-state index in [-0.39, 0.29) is 5.56 Å². The number of likely N-dealkylation sites (tertiary alicyclic amines) is 1. The first kappa shape index (κ1) is 15.0. The van der Waals surface area contributed by atoms with Crippen LogP contribution in [0.5, 0.6) is 5.75 Å². The molecule has 1 saturated heterocycles. The number of nitrogens with two attached hydrogens (primary N) is 1. The minimum atomic E-state index is -0.100. The van der Waals surface area contributed by atoms with Crippen molar-refractivity contribution in [2.45, 2.75) is 32.2 Å². The van der Waals surface area contributed by atoms with E-state index in [2.05, 4.69) is 10.00 Å². The zero-order valence-corrected chi connectivity index (χ0v) is 12.0. The van der Waals surface area contributed by atoms with E-state index in [1.165, 1.54) is 36.7 Å². The van der Waals surface area contributed by atoms with E-state index < -0.39 is 0 Å². The van der Waals surface area contributed by atoms with Crippen LogP contribution >= 0.6 is 0 Å². The lowest BCUT2D eigenvalue weighted by molar-refractivity contribution is 0.305. The highest BCUT2D eigenvalue weighted by Crippen LogP contribution is 2.08. The SMILES string of the molecule is NCCCOc1cnn(CCCN2CCCC2)c(=O)c1. The Morgan fingerprint density at radius 3 is 2.75 bits per heavy atom. The van der Waals surface area contributed by atoms with Crippen LogP contribution in [0.4, 0.5) is 0 Å². The fourth-order valence-electron chi connectivity index (χ4n) is 2.39. The number of hydrogen-bond donors (Lipinski definition) is 1. The summed E-state index contributed by atoms with van der Waals surface area (Å²) in [7, 11) is 0. The summed E-state index contributed by atoms with van der Waals surface area (Å²) in [4.78, 5) is 14.3. The third-order valence-electron chi connectivity index (χ3n) is 3.50. The minimum absolute atomic E-state index is 0.100. The molecule has 2 rings (SSSR count). The van der Waals surface area contributed by atoms with Gasteiger partial charge < -0.3 is 15.4 Å². The molecule has 0 aliphatic carbocycles. The maximum atomic E-state index is 11.9. The average molecular weight is 280 g/mol. The number of aryl methyl sites for hydroxylation is 1. The average Bonchev–Trinajstić information content (AvgIpc) is 2.95. The molecule has 6 nitrogen and oxygen atoms in total. The fraction of sp³-hybridized carbons (Fsp3) is 0.714. The molecule has 1 aliphatic rings. The summed E-state index contributed by atoms with van der Waals surface area (Å²) in [6, 6.07) is 1.50. The quantitative estimate of drug-likeness (QED) is 0.700. The molecule has 112 valence electrons. The molecule has 0 amide bonds. The van der Waals surface area contributed by atoms with Crippen LogP contribution in [-0.4, -0.2) is 47.5 Å². The summed E-state index contributed by atoms with van der Waals surface area (Å²) in [5.74, 6) is 0.527.